The van der Waals surface area contributed by atoms with Gasteiger partial charge in [-0.1, -0.05) is 60.7 Å². The molecule has 249 valence electrons. The van der Waals surface area contributed by atoms with Crippen LogP contribution in [0, 0.1) is 53.3 Å². The fraction of sp³-hybridized carbons (Fsp3) is 0.517. The maximum atomic E-state index is 10.1. The summed E-state index contributed by atoms with van der Waals surface area (Å²) >= 11 is 0. The van der Waals surface area contributed by atoms with Crippen molar-refractivity contribution in [2.45, 2.75) is 38.0 Å². The van der Waals surface area contributed by atoms with Gasteiger partial charge in [0.15, 0.2) is 0 Å². The normalized spacial score (nSPS) is 21.9. The van der Waals surface area contributed by atoms with E-state index in [0.717, 1.165) is 85.4 Å². The van der Waals surface area contributed by atoms with E-state index in [9.17, 15) is 10.5 Å². The van der Waals surface area contributed by atoms with Gasteiger partial charge in [0, 0.05) is 59.5 Å². The molecule has 2 heterocycles. The summed E-state index contributed by atoms with van der Waals surface area (Å²) in [4.78, 5) is 26.1. The Labute approximate surface area is 274 Å². The zero-order valence-electron chi connectivity index (χ0n) is 25.2. The second-order valence-electron chi connectivity index (χ2n) is 9.90. The van der Waals surface area contributed by atoms with Gasteiger partial charge in [0.05, 0.1) is 22.3 Å². The summed E-state index contributed by atoms with van der Waals surface area (Å²) < 4.78 is 0. The molecular formula is C29H40CuN8O7. The number of aliphatic hydroxyl groups excluding tert-OH is 1. The van der Waals surface area contributed by atoms with E-state index in [1.54, 1.807) is 0 Å². The predicted molar refractivity (Wildman–Crippen MR) is 163 cm³/mol. The van der Waals surface area contributed by atoms with Crippen LogP contribution in [0.2, 0.25) is 0 Å². The third-order valence-electron chi connectivity index (χ3n) is 7.09. The Morgan fingerprint density at radius 3 is 1.24 bits per heavy atom. The van der Waals surface area contributed by atoms with E-state index in [1.165, 1.54) is 11.1 Å². The molecule has 1 N–H and O–H groups in total. The standard InChI is InChI=1S/C28H36N6.CH4O.Cu.2NO3/c29-21-27-28(22-30)34-15-7-13-31(23-25-9-3-1-4-10-25)17-19-33(27)16-8-14-32(18-20-34)24-26-11-5-2-6-12-26;1-2;;2*2-1(3)4/h1-6,9-12,27-28H,7-8,13-20,23-24H2;2H,1H3;;;/q;;+2;2*-1/t27-,28-;;;;/m1..../s1. The van der Waals surface area contributed by atoms with E-state index in [4.69, 9.17) is 35.7 Å². The maximum absolute atomic E-state index is 10.1. The van der Waals surface area contributed by atoms with Gasteiger partial charge in [-0.3, -0.25) is 19.6 Å². The van der Waals surface area contributed by atoms with Crippen molar-refractivity contribution in [2.75, 3.05) is 59.5 Å². The molecule has 2 saturated heterocycles. The summed E-state index contributed by atoms with van der Waals surface area (Å²) in [5, 5.41) is 56.8. The van der Waals surface area contributed by atoms with E-state index >= 15 is 0 Å². The van der Waals surface area contributed by atoms with Crippen LogP contribution in [0.3, 0.4) is 0 Å². The monoisotopic (exact) mass is 675 g/mol. The number of fused-ring (bicyclic) bond motifs is 3. The van der Waals surface area contributed by atoms with E-state index in [-0.39, 0.29) is 29.2 Å². The largest absolute Gasteiger partial charge is 2.00 e. The summed E-state index contributed by atoms with van der Waals surface area (Å²) in [6.45, 7) is 9.01. The Morgan fingerprint density at radius 1 is 0.644 bits per heavy atom. The molecule has 2 unspecified atom stereocenters. The van der Waals surface area contributed by atoms with Crippen LogP contribution in [0.25, 0.3) is 0 Å². The van der Waals surface area contributed by atoms with E-state index in [0.29, 0.717) is 0 Å². The van der Waals surface area contributed by atoms with Crippen molar-refractivity contribution in [2.24, 2.45) is 0 Å². The van der Waals surface area contributed by atoms with Crippen LogP contribution < -0.4 is 0 Å². The smallest absolute Gasteiger partial charge is 0.400 e. The molecule has 0 amide bonds. The minimum absolute atomic E-state index is 0. The second kappa shape index (κ2) is 24.5. The van der Waals surface area contributed by atoms with E-state index < -0.39 is 10.2 Å². The minimum Gasteiger partial charge on any atom is -0.400 e. The van der Waals surface area contributed by atoms with Gasteiger partial charge < -0.3 is 35.7 Å². The Hall–Kier alpha value is -3.86. The molecule has 16 heteroatoms. The SMILES string of the molecule is CO.N#C[C@@H]1[C@@H](C#N)N2CCCN(Cc3ccccc3)CCN1CCCN(Cc1ccccc1)CC2.O=[N+]([O-])[O-].O=[N+]([O-])[O-].[Cu+2]. The average molecular weight is 676 g/mol. The van der Waals surface area contributed by atoms with Gasteiger partial charge in [-0.05, 0) is 37.1 Å². The van der Waals surface area contributed by atoms with Crippen LogP contribution in [0.15, 0.2) is 60.7 Å². The first-order chi connectivity index (χ1) is 21.2. The van der Waals surface area contributed by atoms with Gasteiger partial charge in [0.2, 0.25) is 0 Å². The number of nitrogens with zero attached hydrogens (tertiary/aromatic N) is 8. The van der Waals surface area contributed by atoms with Gasteiger partial charge in [0.25, 0.3) is 0 Å². The minimum atomic E-state index is -1.75. The number of hydrogen-bond donors (Lipinski definition) is 1. The van der Waals surface area contributed by atoms with Gasteiger partial charge in [-0.2, -0.15) is 10.5 Å². The van der Waals surface area contributed by atoms with Gasteiger partial charge in [0.1, 0.15) is 12.1 Å². The predicted octanol–water partition coefficient (Wildman–Crippen LogP) is 2.31. The molecule has 2 fully saturated rings. The van der Waals surface area contributed by atoms with Gasteiger partial charge >= 0.3 is 17.1 Å². The molecule has 15 nitrogen and oxygen atoms in total. The molecule has 45 heavy (non-hydrogen) atoms. The van der Waals surface area contributed by atoms with E-state index in [2.05, 4.69) is 92.4 Å². The van der Waals surface area contributed by atoms with Crippen molar-refractivity contribution in [3.63, 3.8) is 0 Å². The zero-order chi connectivity index (χ0) is 32.7. The molecular weight excluding hydrogens is 636 g/mol. The fourth-order valence-electron chi connectivity index (χ4n) is 5.24. The number of rotatable bonds is 4. The molecule has 2 aromatic carbocycles. The molecule has 0 aromatic heterocycles. The number of hydrogen-bond acceptors (Lipinski definition) is 13. The van der Waals surface area contributed by atoms with Crippen LogP contribution in [0.5, 0.6) is 0 Å². The molecule has 0 aliphatic carbocycles. The summed E-state index contributed by atoms with van der Waals surface area (Å²) in [6, 6.07) is 25.5. The Morgan fingerprint density at radius 2 is 0.956 bits per heavy atom. The van der Waals surface area contributed by atoms with Crippen molar-refractivity contribution >= 4 is 0 Å². The summed E-state index contributed by atoms with van der Waals surface area (Å²) in [5.74, 6) is 0. The molecule has 0 saturated carbocycles. The third kappa shape index (κ3) is 17.3. The maximum Gasteiger partial charge on any atom is 2.00 e. The van der Waals surface area contributed by atoms with Crippen molar-refractivity contribution in [3.05, 3.63) is 102 Å². The first-order valence-corrected chi connectivity index (χ1v) is 14.1. The van der Waals surface area contributed by atoms with Crippen LogP contribution in [0.4, 0.5) is 0 Å². The van der Waals surface area contributed by atoms with Crippen molar-refractivity contribution in [1.29, 1.82) is 10.5 Å². The molecule has 2 aliphatic heterocycles. The summed E-state index contributed by atoms with van der Waals surface area (Å²) in [5.41, 5.74) is 2.65. The van der Waals surface area contributed by atoms with Crippen molar-refractivity contribution < 1.29 is 32.3 Å². The first kappa shape index (κ1) is 41.1. The number of nitriles is 2. The van der Waals surface area contributed by atoms with Crippen molar-refractivity contribution in [3.8, 4) is 12.1 Å². The molecule has 2 aliphatic rings. The molecule has 0 spiro atoms. The summed E-state index contributed by atoms with van der Waals surface area (Å²) in [7, 11) is 1.00. The van der Waals surface area contributed by atoms with Gasteiger partial charge in [-0.15, -0.1) is 0 Å². The third-order valence-corrected chi connectivity index (χ3v) is 7.09. The van der Waals surface area contributed by atoms with Crippen LogP contribution >= 0.6 is 0 Å². The zero-order valence-corrected chi connectivity index (χ0v) is 26.1. The van der Waals surface area contributed by atoms with Crippen LogP contribution in [-0.2, 0) is 30.2 Å². The van der Waals surface area contributed by atoms with Crippen LogP contribution in [-0.4, -0.2) is 106 Å². The Bertz CT molecular complexity index is 1070. The molecule has 2 aromatic rings. The molecule has 4 rings (SSSR count). The van der Waals surface area contributed by atoms with Gasteiger partial charge in [-0.25, -0.2) is 0 Å². The summed E-state index contributed by atoms with van der Waals surface area (Å²) in [6.07, 6.45) is 2.00. The number of aliphatic hydroxyl groups is 1. The Balaban J connectivity index is 0.00000155. The van der Waals surface area contributed by atoms with Crippen molar-refractivity contribution in [1.82, 2.24) is 19.6 Å². The fourth-order valence-corrected chi connectivity index (χ4v) is 5.24. The second-order valence-corrected chi connectivity index (χ2v) is 9.90. The number of benzene rings is 2. The Kier molecular flexibility index (Phi) is 22.4. The molecule has 1 radical (unpaired) electrons. The van der Waals surface area contributed by atoms with E-state index in [1.807, 2.05) is 0 Å². The molecule has 4 atom stereocenters. The topological polar surface area (TPSA) is 213 Å². The molecule has 2 bridgehead atoms. The quantitative estimate of drug-likeness (QED) is 0.280. The first-order valence-electron chi connectivity index (χ1n) is 14.1. The average Bonchev–Trinajstić information content (AvgIpc) is 3.00. The van der Waals surface area contributed by atoms with Crippen LogP contribution in [0.1, 0.15) is 24.0 Å².